The molecule has 1 nitrogen and oxygen atoms in total. The number of ketones is 1. The third-order valence-corrected chi connectivity index (χ3v) is 3.88. The Bertz CT molecular complexity index is 506. The third kappa shape index (κ3) is 2.27. The lowest BCUT2D eigenvalue weighted by Crippen LogP contribution is -2.22. The molecule has 0 fully saturated rings. The minimum atomic E-state index is 0.150. The van der Waals surface area contributed by atoms with Gasteiger partial charge in [-0.2, -0.15) is 0 Å². The Morgan fingerprint density at radius 2 is 2.06 bits per heavy atom. The molecule has 0 amide bonds. The zero-order valence-corrected chi connectivity index (χ0v) is 11.8. The maximum Gasteiger partial charge on any atom is 0.159 e. The van der Waals surface area contributed by atoms with E-state index in [0.717, 1.165) is 24.8 Å². The molecule has 0 N–H and O–H groups in total. The Labute approximate surface area is 110 Å². The largest absolute Gasteiger partial charge is 0.295 e. The highest BCUT2D eigenvalue weighted by molar-refractivity contribution is 5.95. The summed E-state index contributed by atoms with van der Waals surface area (Å²) < 4.78 is 0. The lowest BCUT2D eigenvalue weighted by Gasteiger charge is -2.32. The van der Waals surface area contributed by atoms with Crippen LogP contribution >= 0.6 is 0 Å². The van der Waals surface area contributed by atoms with Gasteiger partial charge in [0.1, 0.15) is 0 Å². The maximum absolute atomic E-state index is 11.5. The molecule has 2 rings (SSSR count). The number of allylic oxidation sites excluding steroid dienone is 2. The zero-order valence-electron chi connectivity index (χ0n) is 11.8. The highest BCUT2D eigenvalue weighted by Gasteiger charge is 2.27. The van der Waals surface area contributed by atoms with Crippen LogP contribution in [-0.4, -0.2) is 5.78 Å². The second-order valence-electron chi connectivity index (χ2n) is 5.88. The molecule has 1 aliphatic rings. The van der Waals surface area contributed by atoms with Gasteiger partial charge < -0.3 is 0 Å². The first-order valence-electron chi connectivity index (χ1n) is 6.80. The highest BCUT2D eigenvalue weighted by Crippen LogP contribution is 2.40. The van der Waals surface area contributed by atoms with Crippen LogP contribution in [0.25, 0.3) is 5.57 Å². The molecule has 18 heavy (non-hydrogen) atoms. The second kappa shape index (κ2) is 4.72. The smallest absolute Gasteiger partial charge is 0.159 e. The number of rotatable bonds is 3. The molecule has 0 radical (unpaired) electrons. The average molecular weight is 242 g/mol. The summed E-state index contributed by atoms with van der Waals surface area (Å²) in [4.78, 5) is 11.5. The van der Waals surface area contributed by atoms with E-state index in [9.17, 15) is 4.79 Å². The van der Waals surface area contributed by atoms with Crippen molar-refractivity contribution in [2.75, 3.05) is 0 Å². The van der Waals surface area contributed by atoms with E-state index >= 15 is 0 Å². The van der Waals surface area contributed by atoms with E-state index in [1.165, 1.54) is 16.7 Å². The maximum atomic E-state index is 11.5. The van der Waals surface area contributed by atoms with Crippen LogP contribution in [0.3, 0.4) is 0 Å². The van der Waals surface area contributed by atoms with Gasteiger partial charge in [-0.05, 0) is 47.9 Å². The van der Waals surface area contributed by atoms with Crippen LogP contribution < -0.4 is 0 Å². The van der Waals surface area contributed by atoms with Crippen molar-refractivity contribution < 1.29 is 4.79 Å². The van der Waals surface area contributed by atoms with Gasteiger partial charge in [0.05, 0.1) is 0 Å². The molecular formula is C17H22O. The van der Waals surface area contributed by atoms with Gasteiger partial charge in [0.2, 0.25) is 0 Å². The Balaban J connectivity index is 2.56. The van der Waals surface area contributed by atoms with Gasteiger partial charge in [0, 0.05) is 5.56 Å². The summed E-state index contributed by atoms with van der Waals surface area (Å²) in [5.41, 5.74) is 5.10. The average Bonchev–Trinajstić information content (AvgIpc) is 2.32. The molecule has 0 aliphatic heterocycles. The van der Waals surface area contributed by atoms with E-state index in [0.29, 0.717) is 0 Å². The fourth-order valence-corrected chi connectivity index (χ4v) is 2.72. The van der Waals surface area contributed by atoms with Crippen molar-refractivity contribution in [1.82, 2.24) is 0 Å². The van der Waals surface area contributed by atoms with Crippen LogP contribution in [-0.2, 0) is 5.41 Å². The van der Waals surface area contributed by atoms with Gasteiger partial charge in [-0.25, -0.2) is 0 Å². The van der Waals surface area contributed by atoms with Crippen molar-refractivity contribution in [2.45, 2.75) is 52.4 Å². The molecule has 0 atom stereocenters. The van der Waals surface area contributed by atoms with E-state index in [4.69, 9.17) is 0 Å². The fraction of sp³-hybridized carbons (Fsp3) is 0.471. The first-order valence-corrected chi connectivity index (χ1v) is 6.80. The van der Waals surface area contributed by atoms with Crippen molar-refractivity contribution >= 4 is 11.4 Å². The number of hydrogen-bond acceptors (Lipinski definition) is 1. The normalized spacial score (nSPS) is 17.0. The number of carbonyl (C=O) groups is 1. The predicted octanol–water partition coefficient (Wildman–Crippen LogP) is 4.75. The molecule has 96 valence electrons. The Morgan fingerprint density at radius 1 is 1.33 bits per heavy atom. The second-order valence-corrected chi connectivity index (χ2v) is 5.88. The summed E-state index contributed by atoms with van der Waals surface area (Å²) in [7, 11) is 0. The highest BCUT2D eigenvalue weighted by atomic mass is 16.1. The van der Waals surface area contributed by atoms with Crippen molar-refractivity contribution in [3.8, 4) is 0 Å². The molecular weight excluding hydrogens is 220 g/mol. The van der Waals surface area contributed by atoms with Gasteiger partial charge in [-0.3, -0.25) is 4.79 Å². The molecule has 1 heteroatoms. The summed E-state index contributed by atoms with van der Waals surface area (Å²) >= 11 is 0. The zero-order chi connectivity index (χ0) is 13.3. The van der Waals surface area contributed by atoms with Gasteiger partial charge in [-0.1, -0.05) is 45.4 Å². The number of carbonyl (C=O) groups excluding carboxylic acids is 1. The standard InChI is InChI=1S/C17H22O/c1-5-6-13-9-10-17(3,4)16-8-7-14(12(2)18)11-15(13)16/h7-9,11H,5-6,10H2,1-4H3. The molecule has 0 bridgehead atoms. The number of hydrogen-bond donors (Lipinski definition) is 0. The summed E-state index contributed by atoms with van der Waals surface area (Å²) in [6.45, 7) is 8.39. The van der Waals surface area contributed by atoms with Crippen molar-refractivity contribution in [3.63, 3.8) is 0 Å². The van der Waals surface area contributed by atoms with E-state index in [1.807, 2.05) is 6.07 Å². The van der Waals surface area contributed by atoms with Crippen LogP contribution in [0.5, 0.6) is 0 Å². The number of benzene rings is 1. The molecule has 0 aromatic heterocycles. The lowest BCUT2D eigenvalue weighted by molar-refractivity contribution is 0.101. The lowest BCUT2D eigenvalue weighted by atomic mass is 9.72. The summed E-state index contributed by atoms with van der Waals surface area (Å²) in [6, 6.07) is 6.20. The van der Waals surface area contributed by atoms with Crippen LogP contribution in [0.4, 0.5) is 0 Å². The van der Waals surface area contributed by atoms with Crippen LogP contribution in [0.1, 0.15) is 68.4 Å². The SMILES string of the molecule is CCCC1=CCC(C)(C)c2ccc(C(C)=O)cc21. The molecule has 1 aromatic rings. The molecule has 0 spiro atoms. The quantitative estimate of drug-likeness (QED) is 0.699. The molecule has 0 saturated carbocycles. The Hall–Kier alpha value is -1.37. The summed E-state index contributed by atoms with van der Waals surface area (Å²) in [6.07, 6.45) is 5.70. The van der Waals surface area contributed by atoms with E-state index in [-0.39, 0.29) is 11.2 Å². The van der Waals surface area contributed by atoms with Crippen LogP contribution in [0, 0.1) is 0 Å². The molecule has 1 aromatic carbocycles. The van der Waals surface area contributed by atoms with Crippen LogP contribution in [0.15, 0.2) is 24.3 Å². The fourth-order valence-electron chi connectivity index (χ4n) is 2.72. The molecule has 0 saturated heterocycles. The van der Waals surface area contributed by atoms with Crippen molar-refractivity contribution in [1.29, 1.82) is 0 Å². The van der Waals surface area contributed by atoms with Gasteiger partial charge in [0.25, 0.3) is 0 Å². The van der Waals surface area contributed by atoms with Crippen molar-refractivity contribution in [3.05, 3.63) is 41.0 Å². The van der Waals surface area contributed by atoms with Crippen molar-refractivity contribution in [2.24, 2.45) is 0 Å². The number of fused-ring (bicyclic) bond motifs is 1. The predicted molar refractivity (Wildman–Crippen MR) is 77.0 cm³/mol. The summed E-state index contributed by atoms with van der Waals surface area (Å²) in [5, 5.41) is 0. The summed E-state index contributed by atoms with van der Waals surface area (Å²) in [5.74, 6) is 0.150. The van der Waals surface area contributed by atoms with Gasteiger partial charge >= 0.3 is 0 Å². The van der Waals surface area contributed by atoms with Gasteiger partial charge in [-0.15, -0.1) is 0 Å². The minimum Gasteiger partial charge on any atom is -0.295 e. The minimum absolute atomic E-state index is 0.150. The van der Waals surface area contributed by atoms with Gasteiger partial charge in [0.15, 0.2) is 5.78 Å². The van der Waals surface area contributed by atoms with E-state index < -0.39 is 0 Å². The molecule has 1 aliphatic carbocycles. The Kier molecular flexibility index (Phi) is 3.43. The number of Topliss-reactive ketones (excluding diaryl/α,β-unsaturated/α-hetero) is 1. The first-order chi connectivity index (χ1) is 8.45. The first kappa shape index (κ1) is 13.1. The third-order valence-electron chi connectivity index (χ3n) is 3.88. The molecule has 0 unspecified atom stereocenters. The van der Waals surface area contributed by atoms with E-state index in [2.05, 4.69) is 39.0 Å². The molecule has 0 heterocycles. The monoisotopic (exact) mass is 242 g/mol. The Morgan fingerprint density at radius 3 is 2.67 bits per heavy atom. The van der Waals surface area contributed by atoms with Crippen LogP contribution in [0.2, 0.25) is 0 Å². The van der Waals surface area contributed by atoms with E-state index in [1.54, 1.807) is 6.92 Å². The topological polar surface area (TPSA) is 17.1 Å².